The van der Waals surface area contributed by atoms with Gasteiger partial charge in [0.15, 0.2) is 0 Å². The highest BCUT2D eigenvalue weighted by Crippen LogP contribution is 2.24. The Hall–Kier alpha value is -1.81. The molecule has 0 spiro atoms. The summed E-state index contributed by atoms with van der Waals surface area (Å²) in [6.45, 7) is 5.49. The average Bonchev–Trinajstić information content (AvgIpc) is 2.78. The van der Waals surface area contributed by atoms with Gasteiger partial charge in [-0.2, -0.15) is 0 Å². The molecule has 0 unspecified atom stereocenters. The Bertz CT molecular complexity index is 517. The molecule has 1 aromatic heterocycles. The van der Waals surface area contributed by atoms with Crippen LogP contribution in [-0.2, 0) is 6.42 Å². The van der Waals surface area contributed by atoms with Crippen molar-refractivity contribution in [3.8, 4) is 17.0 Å². The second kappa shape index (κ2) is 6.38. The number of nitrogens with zero attached hydrogens (tertiary/aromatic N) is 1. The summed E-state index contributed by atoms with van der Waals surface area (Å²) in [6, 6.07) is 8.06. The maximum absolute atomic E-state index is 5.58. The van der Waals surface area contributed by atoms with Crippen LogP contribution >= 0.6 is 0 Å². The Morgan fingerprint density at radius 1 is 1.26 bits per heavy atom. The predicted octanol–water partition coefficient (Wildman–Crippen LogP) is 2.68. The van der Waals surface area contributed by atoms with E-state index >= 15 is 0 Å². The quantitative estimate of drug-likeness (QED) is 0.838. The van der Waals surface area contributed by atoms with Crippen LogP contribution in [0.1, 0.15) is 24.9 Å². The minimum absolute atomic E-state index is 0.607. The molecular weight excluding hydrogens is 238 g/mol. The third-order valence-electron chi connectivity index (χ3n) is 2.92. The lowest BCUT2D eigenvalue weighted by molar-refractivity contribution is 0.317. The van der Waals surface area contributed by atoms with Crippen molar-refractivity contribution in [2.45, 2.75) is 26.7 Å². The minimum atomic E-state index is 0.607. The van der Waals surface area contributed by atoms with E-state index in [2.05, 4.69) is 16.9 Å². The van der Waals surface area contributed by atoms with Crippen molar-refractivity contribution in [2.24, 2.45) is 5.73 Å². The summed E-state index contributed by atoms with van der Waals surface area (Å²) in [5.74, 6) is 1.85. The molecule has 3 N–H and O–H groups in total. The number of hydrogen-bond acceptors (Lipinski definition) is 3. The largest absolute Gasteiger partial charge is 0.494 e. The molecule has 0 bridgehead atoms. The van der Waals surface area contributed by atoms with Crippen molar-refractivity contribution < 1.29 is 4.74 Å². The van der Waals surface area contributed by atoms with Crippen molar-refractivity contribution in [1.29, 1.82) is 0 Å². The number of aromatic nitrogens is 2. The fourth-order valence-electron chi connectivity index (χ4n) is 1.99. The molecule has 19 heavy (non-hydrogen) atoms. The third-order valence-corrected chi connectivity index (χ3v) is 2.92. The highest BCUT2D eigenvalue weighted by atomic mass is 16.5. The van der Waals surface area contributed by atoms with Gasteiger partial charge in [-0.05, 0) is 44.2 Å². The molecule has 4 nitrogen and oxygen atoms in total. The number of ether oxygens (including phenoxy) is 1. The fraction of sp³-hybridized carbons (Fsp3) is 0.400. The van der Waals surface area contributed by atoms with Gasteiger partial charge in [0.05, 0.1) is 12.3 Å². The highest BCUT2D eigenvalue weighted by molar-refractivity contribution is 5.62. The van der Waals surface area contributed by atoms with Gasteiger partial charge in [-0.1, -0.05) is 6.92 Å². The first-order valence-electron chi connectivity index (χ1n) is 6.73. The van der Waals surface area contributed by atoms with E-state index in [1.807, 2.05) is 31.2 Å². The molecule has 102 valence electrons. The first kappa shape index (κ1) is 13.6. The Morgan fingerprint density at radius 2 is 2.00 bits per heavy atom. The third kappa shape index (κ3) is 3.35. The lowest BCUT2D eigenvalue weighted by Gasteiger charge is -2.05. The molecule has 4 heteroatoms. The zero-order valence-corrected chi connectivity index (χ0v) is 11.6. The van der Waals surface area contributed by atoms with Gasteiger partial charge in [0.1, 0.15) is 11.6 Å². The van der Waals surface area contributed by atoms with Crippen molar-refractivity contribution in [2.75, 3.05) is 13.2 Å². The summed E-state index contributed by atoms with van der Waals surface area (Å²) in [5.41, 5.74) is 8.71. The summed E-state index contributed by atoms with van der Waals surface area (Å²) in [5, 5.41) is 0. The van der Waals surface area contributed by atoms with Crippen LogP contribution in [0.15, 0.2) is 24.3 Å². The molecule has 0 amide bonds. The van der Waals surface area contributed by atoms with E-state index in [9.17, 15) is 0 Å². The van der Waals surface area contributed by atoms with Gasteiger partial charge in [0, 0.05) is 17.7 Å². The van der Waals surface area contributed by atoms with Crippen LogP contribution in [0, 0.1) is 6.92 Å². The van der Waals surface area contributed by atoms with Gasteiger partial charge >= 0.3 is 0 Å². The minimum Gasteiger partial charge on any atom is -0.494 e. The topological polar surface area (TPSA) is 63.9 Å². The number of H-pyrrole nitrogens is 1. The first-order chi connectivity index (χ1) is 9.24. The van der Waals surface area contributed by atoms with Crippen LogP contribution in [0.5, 0.6) is 5.75 Å². The van der Waals surface area contributed by atoms with E-state index < -0.39 is 0 Å². The van der Waals surface area contributed by atoms with Gasteiger partial charge in [-0.25, -0.2) is 4.98 Å². The lowest BCUT2D eigenvalue weighted by Crippen LogP contribution is -2.03. The van der Waals surface area contributed by atoms with Crippen LogP contribution < -0.4 is 10.5 Å². The van der Waals surface area contributed by atoms with Crippen LogP contribution in [0.4, 0.5) is 0 Å². The summed E-state index contributed by atoms with van der Waals surface area (Å²) in [6.07, 6.45) is 1.79. The zero-order valence-electron chi connectivity index (χ0n) is 11.6. The van der Waals surface area contributed by atoms with Gasteiger partial charge in [0.2, 0.25) is 0 Å². The van der Waals surface area contributed by atoms with E-state index in [-0.39, 0.29) is 0 Å². The summed E-state index contributed by atoms with van der Waals surface area (Å²) in [7, 11) is 0. The molecule has 0 aliphatic carbocycles. The Labute approximate surface area is 114 Å². The normalized spacial score (nSPS) is 10.7. The monoisotopic (exact) mass is 259 g/mol. The van der Waals surface area contributed by atoms with Crippen molar-refractivity contribution in [1.82, 2.24) is 9.97 Å². The summed E-state index contributed by atoms with van der Waals surface area (Å²) in [4.78, 5) is 7.86. The van der Waals surface area contributed by atoms with Gasteiger partial charge < -0.3 is 15.5 Å². The molecule has 0 saturated carbocycles. The SMILES string of the molecule is CCCOc1ccc(-c2nc(CCN)[nH]c2C)cc1. The molecule has 0 aliphatic rings. The molecule has 0 radical (unpaired) electrons. The van der Waals surface area contributed by atoms with E-state index in [0.717, 1.165) is 48.0 Å². The van der Waals surface area contributed by atoms with E-state index in [1.54, 1.807) is 0 Å². The molecular formula is C15H21N3O. The van der Waals surface area contributed by atoms with Crippen LogP contribution in [-0.4, -0.2) is 23.1 Å². The summed E-state index contributed by atoms with van der Waals surface area (Å²) < 4.78 is 5.58. The van der Waals surface area contributed by atoms with Gasteiger partial charge in [-0.3, -0.25) is 0 Å². The zero-order chi connectivity index (χ0) is 13.7. The molecule has 1 heterocycles. The Kier molecular flexibility index (Phi) is 4.58. The number of benzene rings is 1. The smallest absolute Gasteiger partial charge is 0.119 e. The molecule has 0 fully saturated rings. The average molecular weight is 259 g/mol. The highest BCUT2D eigenvalue weighted by Gasteiger charge is 2.08. The maximum Gasteiger partial charge on any atom is 0.119 e. The summed E-state index contributed by atoms with van der Waals surface area (Å²) >= 11 is 0. The molecule has 0 saturated heterocycles. The number of aryl methyl sites for hydroxylation is 1. The van der Waals surface area contributed by atoms with Gasteiger partial charge in [0.25, 0.3) is 0 Å². The van der Waals surface area contributed by atoms with E-state index in [4.69, 9.17) is 10.5 Å². The molecule has 2 aromatic rings. The van der Waals surface area contributed by atoms with E-state index in [1.165, 1.54) is 0 Å². The fourth-order valence-corrected chi connectivity index (χ4v) is 1.99. The number of nitrogens with two attached hydrogens (primary N) is 1. The Morgan fingerprint density at radius 3 is 2.63 bits per heavy atom. The number of nitrogens with one attached hydrogen (secondary N) is 1. The van der Waals surface area contributed by atoms with Crippen molar-refractivity contribution in [3.63, 3.8) is 0 Å². The number of imidazole rings is 1. The van der Waals surface area contributed by atoms with Crippen LogP contribution in [0.3, 0.4) is 0 Å². The predicted molar refractivity (Wildman–Crippen MR) is 77.3 cm³/mol. The van der Waals surface area contributed by atoms with E-state index in [0.29, 0.717) is 6.54 Å². The number of rotatable bonds is 6. The molecule has 0 aliphatic heterocycles. The van der Waals surface area contributed by atoms with Gasteiger partial charge in [-0.15, -0.1) is 0 Å². The second-order valence-corrected chi connectivity index (χ2v) is 4.57. The second-order valence-electron chi connectivity index (χ2n) is 4.57. The molecule has 2 rings (SSSR count). The lowest BCUT2D eigenvalue weighted by atomic mass is 10.1. The van der Waals surface area contributed by atoms with Crippen molar-refractivity contribution >= 4 is 0 Å². The van der Waals surface area contributed by atoms with Crippen LogP contribution in [0.25, 0.3) is 11.3 Å². The Balaban J connectivity index is 2.17. The maximum atomic E-state index is 5.58. The molecule has 1 aromatic carbocycles. The number of hydrogen-bond donors (Lipinski definition) is 2. The number of aromatic amines is 1. The van der Waals surface area contributed by atoms with Crippen molar-refractivity contribution in [3.05, 3.63) is 35.8 Å². The first-order valence-corrected chi connectivity index (χ1v) is 6.73. The van der Waals surface area contributed by atoms with Crippen LogP contribution in [0.2, 0.25) is 0 Å². The molecule has 0 atom stereocenters. The standard InChI is InChI=1S/C15H21N3O/c1-3-10-19-13-6-4-12(5-7-13)15-11(2)17-14(18-15)8-9-16/h4-7H,3,8-10,16H2,1-2H3,(H,17,18).